The van der Waals surface area contributed by atoms with Crippen LogP contribution in [0.2, 0.25) is 5.02 Å². The molecule has 3 heterocycles. The summed E-state index contributed by atoms with van der Waals surface area (Å²) in [5.74, 6) is -0.322. The molecule has 0 radical (unpaired) electrons. The molecule has 23 heavy (non-hydrogen) atoms. The Morgan fingerprint density at radius 1 is 1.30 bits per heavy atom. The Kier molecular flexibility index (Phi) is 3.93. The third-order valence-electron chi connectivity index (χ3n) is 4.05. The zero-order chi connectivity index (χ0) is 15.8. The summed E-state index contributed by atoms with van der Waals surface area (Å²) in [5.41, 5.74) is 0.867. The van der Waals surface area contributed by atoms with Gasteiger partial charge in [-0.2, -0.15) is 0 Å². The van der Waals surface area contributed by atoms with Crippen LogP contribution in [0, 0.1) is 5.82 Å². The molecule has 0 N–H and O–H groups in total. The maximum atomic E-state index is 14.9. The molecule has 3 nitrogen and oxygen atoms in total. The van der Waals surface area contributed by atoms with Gasteiger partial charge in [-0.25, -0.2) is 4.39 Å². The molecule has 1 aromatic carbocycles. The quantitative estimate of drug-likeness (QED) is 0.673. The van der Waals surface area contributed by atoms with Crippen molar-refractivity contribution in [2.24, 2.45) is 0 Å². The van der Waals surface area contributed by atoms with Crippen LogP contribution in [0.15, 0.2) is 41.9 Å². The SMILES string of the molecule is Fc1c(N2CCOC(c3cccs3)C2)ccc2c(Cl)ccnc12. The van der Waals surface area contributed by atoms with Crippen LogP contribution in [-0.2, 0) is 4.74 Å². The Morgan fingerprint density at radius 3 is 3.04 bits per heavy atom. The Bertz CT molecular complexity index is 840. The average molecular weight is 349 g/mol. The Hall–Kier alpha value is -1.69. The molecule has 0 saturated carbocycles. The molecular formula is C17H14ClFN2OS. The summed E-state index contributed by atoms with van der Waals surface area (Å²) >= 11 is 7.78. The molecular weight excluding hydrogens is 335 g/mol. The minimum absolute atomic E-state index is 0.0221. The van der Waals surface area contributed by atoms with Crippen molar-refractivity contribution < 1.29 is 9.13 Å². The van der Waals surface area contributed by atoms with Gasteiger partial charge in [0.25, 0.3) is 0 Å². The van der Waals surface area contributed by atoms with Crippen molar-refractivity contribution in [1.29, 1.82) is 0 Å². The third-order valence-corrected chi connectivity index (χ3v) is 5.34. The monoisotopic (exact) mass is 348 g/mol. The van der Waals surface area contributed by atoms with Gasteiger partial charge in [0.15, 0.2) is 5.82 Å². The van der Waals surface area contributed by atoms with Crippen molar-refractivity contribution >= 4 is 39.5 Å². The Morgan fingerprint density at radius 2 is 2.22 bits per heavy atom. The van der Waals surface area contributed by atoms with Gasteiger partial charge in [0.2, 0.25) is 0 Å². The summed E-state index contributed by atoms with van der Waals surface area (Å²) < 4.78 is 20.7. The standard InChI is InChI=1S/C17H14ClFN2OS/c18-12-5-6-20-17-11(12)3-4-13(16(17)19)21-7-8-22-14(10-21)15-2-1-9-23-15/h1-6,9,14H,7-8,10H2. The number of halogens is 2. The van der Waals surface area contributed by atoms with Gasteiger partial charge < -0.3 is 9.64 Å². The molecule has 118 valence electrons. The predicted molar refractivity (Wildman–Crippen MR) is 91.9 cm³/mol. The van der Waals surface area contributed by atoms with Gasteiger partial charge in [-0.15, -0.1) is 11.3 Å². The molecule has 6 heteroatoms. The number of rotatable bonds is 2. The fourth-order valence-corrected chi connectivity index (χ4v) is 3.87. The number of nitrogens with zero attached hydrogens (tertiary/aromatic N) is 2. The lowest BCUT2D eigenvalue weighted by atomic mass is 10.1. The van der Waals surface area contributed by atoms with Crippen molar-refractivity contribution in [2.75, 3.05) is 24.6 Å². The highest BCUT2D eigenvalue weighted by Gasteiger charge is 2.25. The van der Waals surface area contributed by atoms with Crippen molar-refractivity contribution in [3.63, 3.8) is 0 Å². The minimum Gasteiger partial charge on any atom is -0.369 e. The second-order valence-corrected chi connectivity index (χ2v) is 6.79. The molecule has 1 atom stereocenters. The summed E-state index contributed by atoms with van der Waals surface area (Å²) in [6, 6.07) is 9.34. The molecule has 3 aromatic rings. The van der Waals surface area contributed by atoms with E-state index < -0.39 is 0 Å². The smallest absolute Gasteiger partial charge is 0.172 e. The molecule has 0 bridgehead atoms. The highest BCUT2D eigenvalue weighted by atomic mass is 35.5. The maximum absolute atomic E-state index is 14.9. The van der Waals surface area contributed by atoms with Gasteiger partial charge in [-0.05, 0) is 29.6 Å². The van der Waals surface area contributed by atoms with Crippen LogP contribution < -0.4 is 4.90 Å². The highest BCUT2D eigenvalue weighted by Crippen LogP contribution is 2.33. The van der Waals surface area contributed by atoms with Crippen LogP contribution >= 0.6 is 22.9 Å². The predicted octanol–water partition coefficient (Wildman–Crippen LogP) is 4.67. The number of morpholine rings is 1. The fourth-order valence-electron chi connectivity index (χ4n) is 2.90. The molecule has 1 fully saturated rings. The van der Waals surface area contributed by atoms with Gasteiger partial charge >= 0.3 is 0 Å². The number of hydrogen-bond donors (Lipinski definition) is 0. The van der Waals surface area contributed by atoms with E-state index in [1.807, 2.05) is 22.4 Å². The van der Waals surface area contributed by atoms with E-state index in [2.05, 4.69) is 11.1 Å². The molecule has 4 rings (SSSR count). The number of hydrogen-bond acceptors (Lipinski definition) is 4. The molecule has 0 aliphatic carbocycles. The van der Waals surface area contributed by atoms with E-state index in [9.17, 15) is 4.39 Å². The first-order valence-corrected chi connectivity index (χ1v) is 8.62. The lowest BCUT2D eigenvalue weighted by Gasteiger charge is -2.34. The van der Waals surface area contributed by atoms with Gasteiger partial charge in [0, 0.05) is 29.5 Å². The maximum Gasteiger partial charge on any atom is 0.172 e. The molecule has 1 aliphatic rings. The first-order valence-electron chi connectivity index (χ1n) is 7.36. The lowest BCUT2D eigenvalue weighted by Crippen LogP contribution is -2.38. The summed E-state index contributed by atoms with van der Waals surface area (Å²) in [6.07, 6.45) is 1.51. The Labute approximate surface area is 142 Å². The van der Waals surface area contributed by atoms with Crippen molar-refractivity contribution in [1.82, 2.24) is 4.98 Å². The second kappa shape index (κ2) is 6.07. The molecule has 0 spiro atoms. The summed E-state index contributed by atoms with van der Waals surface area (Å²) in [6.45, 7) is 1.86. The zero-order valence-corrected chi connectivity index (χ0v) is 13.8. The first kappa shape index (κ1) is 14.9. The van der Waals surface area contributed by atoms with E-state index in [1.54, 1.807) is 23.5 Å². The van der Waals surface area contributed by atoms with Crippen molar-refractivity contribution in [3.05, 3.63) is 57.6 Å². The van der Waals surface area contributed by atoms with E-state index in [-0.39, 0.29) is 11.9 Å². The number of thiophene rings is 1. The zero-order valence-electron chi connectivity index (χ0n) is 12.2. The van der Waals surface area contributed by atoms with E-state index >= 15 is 0 Å². The van der Waals surface area contributed by atoms with Crippen molar-refractivity contribution in [2.45, 2.75) is 6.10 Å². The van der Waals surface area contributed by atoms with Crippen LogP contribution in [-0.4, -0.2) is 24.7 Å². The summed E-state index contributed by atoms with van der Waals surface area (Å²) in [4.78, 5) is 7.33. The van der Waals surface area contributed by atoms with E-state index in [0.717, 1.165) is 4.88 Å². The minimum atomic E-state index is -0.322. The van der Waals surface area contributed by atoms with E-state index in [0.29, 0.717) is 41.3 Å². The molecule has 1 unspecified atom stereocenters. The summed E-state index contributed by atoms with van der Waals surface area (Å²) in [7, 11) is 0. The van der Waals surface area contributed by atoms with Gasteiger partial charge in [-0.1, -0.05) is 17.7 Å². The van der Waals surface area contributed by atoms with Crippen LogP contribution in [0.25, 0.3) is 10.9 Å². The number of ether oxygens (including phenoxy) is 1. The van der Waals surface area contributed by atoms with Crippen LogP contribution in [0.3, 0.4) is 0 Å². The average Bonchev–Trinajstić information content (AvgIpc) is 3.11. The highest BCUT2D eigenvalue weighted by molar-refractivity contribution is 7.10. The van der Waals surface area contributed by atoms with Crippen molar-refractivity contribution in [3.8, 4) is 0 Å². The second-order valence-electron chi connectivity index (χ2n) is 5.41. The largest absolute Gasteiger partial charge is 0.369 e. The third kappa shape index (κ3) is 2.69. The van der Waals surface area contributed by atoms with Crippen LogP contribution in [0.4, 0.5) is 10.1 Å². The number of anilines is 1. The molecule has 1 saturated heterocycles. The normalized spacial score (nSPS) is 18.5. The van der Waals surface area contributed by atoms with Crippen LogP contribution in [0.1, 0.15) is 11.0 Å². The Balaban J connectivity index is 1.70. The van der Waals surface area contributed by atoms with Crippen LogP contribution in [0.5, 0.6) is 0 Å². The lowest BCUT2D eigenvalue weighted by molar-refractivity contribution is 0.0419. The number of benzene rings is 1. The fraction of sp³-hybridized carbons (Fsp3) is 0.235. The van der Waals surface area contributed by atoms with E-state index in [4.69, 9.17) is 16.3 Å². The number of fused-ring (bicyclic) bond motifs is 1. The molecule has 0 amide bonds. The van der Waals surface area contributed by atoms with Gasteiger partial charge in [0.1, 0.15) is 11.6 Å². The number of aromatic nitrogens is 1. The molecule has 2 aromatic heterocycles. The van der Waals surface area contributed by atoms with Gasteiger partial charge in [-0.3, -0.25) is 4.98 Å². The summed E-state index contributed by atoms with van der Waals surface area (Å²) in [5, 5.41) is 3.18. The first-order chi connectivity index (χ1) is 11.2. The number of pyridine rings is 1. The van der Waals surface area contributed by atoms with Gasteiger partial charge in [0.05, 0.1) is 17.3 Å². The molecule has 1 aliphatic heterocycles. The van der Waals surface area contributed by atoms with E-state index in [1.165, 1.54) is 6.20 Å². The topological polar surface area (TPSA) is 25.4 Å².